The van der Waals surface area contributed by atoms with Gasteiger partial charge < -0.3 is 14.8 Å². The van der Waals surface area contributed by atoms with Crippen LogP contribution in [0.15, 0.2) is 70.2 Å². The standard InChI is InChI=1S/C32H39ClN3.2ClH.Pd/c1-20(2)24-11-9-12-25(21(3)4)30(24)35-17-18-36(32(35)28-15-16-34-19-29(28)33)31-26(22(5)6)13-10-14-27(31)23(7)8;;;/h9-14,16-18,20-23H,15H2,1-8H3;2*1H;/q-1;;;. The molecule has 0 aromatic heterocycles. The molecular weight excluding hydrogens is 639 g/mol. The number of nitrogens with zero attached hydrogens (tertiary/aromatic N) is 3. The number of rotatable bonds is 6. The second-order valence-electron chi connectivity index (χ2n) is 11.0. The van der Waals surface area contributed by atoms with Gasteiger partial charge in [-0.25, -0.2) is 0 Å². The minimum atomic E-state index is 0. The van der Waals surface area contributed by atoms with Gasteiger partial charge in [-0.15, -0.1) is 42.6 Å². The van der Waals surface area contributed by atoms with Crippen LogP contribution in [-0.2, 0) is 20.4 Å². The van der Waals surface area contributed by atoms with E-state index in [1.807, 2.05) is 6.21 Å². The van der Waals surface area contributed by atoms with E-state index in [0.29, 0.717) is 35.1 Å². The average molecular weight is 680 g/mol. The second-order valence-corrected chi connectivity index (χ2v) is 11.3. The number of hydrogen-bond donors (Lipinski definition) is 0. The second kappa shape index (κ2) is 14.9. The molecule has 0 aliphatic carbocycles. The number of anilines is 2. The van der Waals surface area contributed by atoms with Crippen molar-refractivity contribution in [1.29, 1.82) is 0 Å². The largest absolute Gasteiger partial charge is 0.397 e. The van der Waals surface area contributed by atoms with Crippen molar-refractivity contribution in [3.05, 3.63) is 93.7 Å². The molecule has 2 aromatic carbocycles. The van der Waals surface area contributed by atoms with Gasteiger partial charge in [-0.2, -0.15) is 0 Å². The number of hydrogen-bond acceptors (Lipinski definition) is 3. The third-order valence-electron chi connectivity index (χ3n) is 7.07. The summed E-state index contributed by atoms with van der Waals surface area (Å²) in [6.45, 7) is 18.2. The van der Waals surface area contributed by atoms with Gasteiger partial charge in [-0.05, 0) is 51.0 Å². The molecule has 0 N–H and O–H groups in total. The molecule has 3 nitrogen and oxygen atoms in total. The van der Waals surface area contributed by atoms with E-state index in [4.69, 9.17) is 11.6 Å². The van der Waals surface area contributed by atoms with E-state index < -0.39 is 0 Å². The van der Waals surface area contributed by atoms with E-state index in [9.17, 15) is 0 Å². The fourth-order valence-electron chi connectivity index (χ4n) is 5.21. The molecule has 0 spiro atoms. The van der Waals surface area contributed by atoms with Crippen molar-refractivity contribution in [1.82, 2.24) is 0 Å². The zero-order valence-corrected chi connectivity index (χ0v) is 28.0. The van der Waals surface area contributed by atoms with Crippen LogP contribution in [0.2, 0.25) is 0 Å². The Morgan fingerprint density at radius 1 is 0.692 bits per heavy atom. The van der Waals surface area contributed by atoms with E-state index in [2.05, 4.69) is 125 Å². The van der Waals surface area contributed by atoms with Crippen LogP contribution in [0.3, 0.4) is 0 Å². The molecule has 2 heterocycles. The summed E-state index contributed by atoms with van der Waals surface area (Å²) in [7, 11) is 0. The van der Waals surface area contributed by atoms with Crippen LogP contribution in [0.25, 0.3) is 0 Å². The van der Waals surface area contributed by atoms with Crippen LogP contribution >= 0.6 is 36.4 Å². The third kappa shape index (κ3) is 7.03. The average Bonchev–Trinajstić information content (AvgIpc) is 3.27. The van der Waals surface area contributed by atoms with Crippen LogP contribution in [-0.4, -0.2) is 6.21 Å². The van der Waals surface area contributed by atoms with E-state index in [-0.39, 0.29) is 45.2 Å². The number of benzene rings is 2. The molecule has 7 heteroatoms. The zero-order chi connectivity index (χ0) is 26.1. The predicted molar refractivity (Wildman–Crippen MR) is 171 cm³/mol. The van der Waals surface area contributed by atoms with E-state index in [0.717, 1.165) is 11.4 Å². The van der Waals surface area contributed by atoms with E-state index in [1.54, 1.807) is 0 Å². The molecule has 0 amide bonds. The Morgan fingerprint density at radius 3 is 1.36 bits per heavy atom. The monoisotopic (exact) mass is 678 g/mol. The molecule has 2 aromatic rings. The van der Waals surface area contributed by atoms with Crippen molar-refractivity contribution in [3.8, 4) is 0 Å². The number of aliphatic imine (C=N–C) groups is 1. The number of halogens is 3. The van der Waals surface area contributed by atoms with Gasteiger partial charge in [0, 0.05) is 32.8 Å². The van der Waals surface area contributed by atoms with Gasteiger partial charge in [0.1, 0.15) is 0 Å². The number of allylic oxidation sites excluding steroid dienone is 2. The Bertz CT molecular complexity index is 1130. The first-order valence-corrected chi connectivity index (χ1v) is 13.6. The molecule has 0 bridgehead atoms. The summed E-state index contributed by atoms with van der Waals surface area (Å²) in [6.07, 6.45) is 10.0. The van der Waals surface area contributed by atoms with Crippen molar-refractivity contribution in [2.45, 2.75) is 85.5 Å². The molecule has 4 rings (SSSR count). The molecule has 2 aliphatic heterocycles. The summed E-state index contributed by atoms with van der Waals surface area (Å²) in [5.41, 5.74) is 8.88. The molecule has 0 saturated heterocycles. The minimum absolute atomic E-state index is 0. The molecule has 0 fully saturated rings. The van der Waals surface area contributed by atoms with Gasteiger partial charge in [0.15, 0.2) is 0 Å². The van der Waals surface area contributed by atoms with Gasteiger partial charge in [0.2, 0.25) is 0 Å². The first-order chi connectivity index (χ1) is 17.1. The smallest absolute Gasteiger partial charge is 0.0680 e. The van der Waals surface area contributed by atoms with Crippen LogP contribution in [0, 0.1) is 6.20 Å². The maximum absolute atomic E-state index is 6.83. The normalized spacial score (nSPS) is 14.7. The SMILES string of the molecule is CC(C)c1cccc(C(C)C)c1N1C=CN(c2c(C(C)C)cccc2C(C)C)C1=C1CC=N[C-]=C1Cl.Cl.Cl.[Pd]. The van der Waals surface area contributed by atoms with Crippen molar-refractivity contribution >= 4 is 54.0 Å². The van der Waals surface area contributed by atoms with Gasteiger partial charge >= 0.3 is 0 Å². The van der Waals surface area contributed by atoms with Crippen molar-refractivity contribution in [2.24, 2.45) is 4.99 Å². The first-order valence-electron chi connectivity index (χ1n) is 13.2. The van der Waals surface area contributed by atoms with Gasteiger partial charge in [-0.1, -0.05) is 110 Å². The van der Waals surface area contributed by atoms with E-state index in [1.165, 1.54) is 33.6 Å². The van der Waals surface area contributed by atoms with Crippen molar-refractivity contribution in [2.75, 3.05) is 9.80 Å². The molecule has 0 saturated carbocycles. The predicted octanol–water partition coefficient (Wildman–Crippen LogP) is 10.4. The van der Waals surface area contributed by atoms with Crippen LogP contribution < -0.4 is 9.80 Å². The molecule has 39 heavy (non-hydrogen) atoms. The Kier molecular flexibility index (Phi) is 13.6. The van der Waals surface area contributed by atoms with Crippen LogP contribution in [0.5, 0.6) is 0 Å². The Hall–Kier alpha value is -1.54. The fourth-order valence-corrected chi connectivity index (χ4v) is 5.42. The van der Waals surface area contributed by atoms with Crippen LogP contribution in [0.4, 0.5) is 11.4 Å². The topological polar surface area (TPSA) is 18.8 Å². The number of para-hydroxylation sites is 2. The summed E-state index contributed by atoms with van der Waals surface area (Å²) in [4.78, 5) is 8.95. The summed E-state index contributed by atoms with van der Waals surface area (Å²) < 4.78 is 0. The Labute approximate surface area is 267 Å². The van der Waals surface area contributed by atoms with Crippen molar-refractivity contribution in [3.63, 3.8) is 0 Å². The van der Waals surface area contributed by atoms with Gasteiger partial charge in [-0.3, -0.25) is 0 Å². The van der Waals surface area contributed by atoms with Gasteiger partial charge in [0.25, 0.3) is 0 Å². The van der Waals surface area contributed by atoms with Crippen LogP contribution in [0.1, 0.15) is 108 Å². The van der Waals surface area contributed by atoms with Crippen molar-refractivity contribution < 1.29 is 20.4 Å². The fraction of sp³-hybridized carbons (Fsp3) is 0.406. The molecule has 0 radical (unpaired) electrons. The molecule has 216 valence electrons. The van der Waals surface area contributed by atoms with Gasteiger partial charge in [0.05, 0.1) is 17.2 Å². The summed E-state index contributed by atoms with van der Waals surface area (Å²) in [6, 6.07) is 13.4. The zero-order valence-electron chi connectivity index (χ0n) is 24.1. The maximum Gasteiger partial charge on any atom is 0.0680 e. The molecular formula is C32H41Cl3N3Pd-. The van der Waals surface area contributed by atoms with E-state index >= 15 is 0 Å². The molecule has 0 atom stereocenters. The molecule has 2 aliphatic rings. The first kappa shape index (κ1) is 35.5. The summed E-state index contributed by atoms with van der Waals surface area (Å²) in [5, 5.41) is 0.576. The molecule has 0 unspecified atom stereocenters. The summed E-state index contributed by atoms with van der Waals surface area (Å²) in [5.74, 6) is 2.60. The third-order valence-corrected chi connectivity index (χ3v) is 7.38. The quantitative estimate of drug-likeness (QED) is 0.224. The Balaban J connectivity index is 0.00000253. The summed E-state index contributed by atoms with van der Waals surface area (Å²) >= 11 is 6.83. The Morgan fingerprint density at radius 2 is 1.05 bits per heavy atom. The maximum atomic E-state index is 6.83. The minimum Gasteiger partial charge on any atom is -0.397 e.